The van der Waals surface area contributed by atoms with Crippen LogP contribution in [0, 0.1) is 23.7 Å². The summed E-state index contributed by atoms with van der Waals surface area (Å²) in [5.41, 5.74) is 0. The van der Waals surface area contributed by atoms with Crippen molar-refractivity contribution in [2.75, 3.05) is 39.6 Å². The van der Waals surface area contributed by atoms with Crippen molar-refractivity contribution < 1.29 is 80.2 Å². The van der Waals surface area contributed by atoms with Gasteiger partial charge in [-0.3, -0.25) is 37.3 Å². The molecule has 0 fully saturated rings. The number of unbranched alkanes of at least 4 members (excludes halogenated alkanes) is 35. The van der Waals surface area contributed by atoms with Gasteiger partial charge >= 0.3 is 39.5 Å². The van der Waals surface area contributed by atoms with E-state index in [4.69, 9.17) is 37.0 Å². The molecular weight excluding hydrogens is 1210 g/mol. The van der Waals surface area contributed by atoms with Crippen LogP contribution < -0.4 is 0 Å². The Kier molecular flexibility index (Phi) is 61.3. The van der Waals surface area contributed by atoms with Crippen molar-refractivity contribution in [2.45, 2.75) is 382 Å². The first-order valence-corrected chi connectivity index (χ1v) is 40.7. The highest BCUT2D eigenvalue weighted by molar-refractivity contribution is 7.47. The highest BCUT2D eigenvalue weighted by Crippen LogP contribution is 2.45. The lowest BCUT2D eigenvalue weighted by Crippen LogP contribution is -2.30. The van der Waals surface area contributed by atoms with Crippen molar-refractivity contribution in [3.63, 3.8) is 0 Å². The van der Waals surface area contributed by atoms with Crippen molar-refractivity contribution in [1.82, 2.24) is 0 Å². The van der Waals surface area contributed by atoms with Gasteiger partial charge in [-0.15, -0.1) is 0 Å². The van der Waals surface area contributed by atoms with E-state index in [1.165, 1.54) is 161 Å². The van der Waals surface area contributed by atoms with Crippen LogP contribution in [0.3, 0.4) is 0 Å². The Balaban J connectivity index is 5.26. The summed E-state index contributed by atoms with van der Waals surface area (Å²) in [7, 11) is -9.91. The summed E-state index contributed by atoms with van der Waals surface area (Å²) in [5.74, 6) is 0.905. The van der Waals surface area contributed by atoms with E-state index in [1.54, 1.807) is 0 Å². The molecule has 0 aliphatic carbocycles. The molecule has 0 aromatic carbocycles. The molecule has 0 amide bonds. The average molecular weight is 1350 g/mol. The molecule has 0 saturated heterocycles. The van der Waals surface area contributed by atoms with E-state index in [9.17, 15) is 43.2 Å². The molecule has 0 rings (SSSR count). The van der Waals surface area contributed by atoms with Gasteiger partial charge in [-0.25, -0.2) is 9.13 Å². The summed E-state index contributed by atoms with van der Waals surface area (Å²) in [6.45, 7) is 14.1. The van der Waals surface area contributed by atoms with Gasteiger partial charge < -0.3 is 33.8 Å². The molecule has 0 aromatic heterocycles. The Morgan fingerprint density at radius 3 is 0.772 bits per heavy atom. The molecule has 0 heterocycles. The molecule has 19 heteroatoms. The third kappa shape index (κ3) is 65.4. The zero-order valence-electron chi connectivity index (χ0n) is 60.2. The minimum Gasteiger partial charge on any atom is -0.462 e. The molecule has 6 atom stereocenters. The van der Waals surface area contributed by atoms with E-state index < -0.39 is 97.5 Å². The monoisotopic (exact) mass is 1350 g/mol. The molecule has 0 aromatic rings. The summed E-state index contributed by atoms with van der Waals surface area (Å²) in [4.78, 5) is 72.7. The molecule has 0 saturated carbocycles. The normalized spacial score (nSPS) is 14.5. The fourth-order valence-electron chi connectivity index (χ4n) is 11.0. The van der Waals surface area contributed by atoms with Crippen molar-refractivity contribution in [3.8, 4) is 0 Å². The number of hydrogen-bond acceptors (Lipinski definition) is 15. The quantitative estimate of drug-likeness (QED) is 0.0222. The predicted octanol–water partition coefficient (Wildman–Crippen LogP) is 20.9. The van der Waals surface area contributed by atoms with Gasteiger partial charge in [0.1, 0.15) is 19.3 Å². The van der Waals surface area contributed by atoms with Crippen LogP contribution in [0.2, 0.25) is 0 Å². The van der Waals surface area contributed by atoms with Gasteiger partial charge in [0.05, 0.1) is 26.4 Å². The van der Waals surface area contributed by atoms with E-state index in [2.05, 4.69) is 55.4 Å². The highest BCUT2D eigenvalue weighted by Gasteiger charge is 2.30. The Morgan fingerprint density at radius 2 is 0.522 bits per heavy atom. The van der Waals surface area contributed by atoms with E-state index in [-0.39, 0.29) is 25.7 Å². The number of hydrogen-bond donors (Lipinski definition) is 3. The first-order valence-electron chi connectivity index (χ1n) is 37.7. The lowest BCUT2D eigenvalue weighted by atomic mass is 10.00. The van der Waals surface area contributed by atoms with Crippen LogP contribution in [0.5, 0.6) is 0 Å². The second-order valence-corrected chi connectivity index (χ2v) is 30.9. The summed E-state index contributed by atoms with van der Waals surface area (Å²) >= 11 is 0. The van der Waals surface area contributed by atoms with Crippen LogP contribution in [-0.2, 0) is 65.4 Å². The molecule has 0 radical (unpaired) electrons. The first-order chi connectivity index (χ1) is 44.1. The van der Waals surface area contributed by atoms with Crippen LogP contribution in [0.1, 0.15) is 364 Å². The Hall–Kier alpha value is -1.94. The van der Waals surface area contributed by atoms with Gasteiger partial charge in [-0.05, 0) is 49.4 Å². The van der Waals surface area contributed by atoms with Crippen LogP contribution in [-0.4, -0.2) is 96.7 Å². The Labute approximate surface area is 562 Å². The largest absolute Gasteiger partial charge is 0.472 e. The summed E-state index contributed by atoms with van der Waals surface area (Å²) in [5, 5.41) is 10.6. The topological polar surface area (TPSA) is 237 Å². The number of phosphoric ester groups is 2. The molecule has 0 aliphatic heterocycles. The average Bonchev–Trinajstić information content (AvgIpc) is 2.47. The van der Waals surface area contributed by atoms with Gasteiger partial charge in [0.15, 0.2) is 12.2 Å². The van der Waals surface area contributed by atoms with Crippen LogP contribution in [0.15, 0.2) is 0 Å². The number of aliphatic hydroxyl groups is 1. The molecule has 0 aliphatic rings. The van der Waals surface area contributed by atoms with Crippen LogP contribution in [0.25, 0.3) is 0 Å². The van der Waals surface area contributed by atoms with E-state index in [0.717, 1.165) is 120 Å². The number of carbonyl (C=O) groups is 4. The summed E-state index contributed by atoms with van der Waals surface area (Å²) in [6.07, 6.45) is 45.8. The second-order valence-electron chi connectivity index (χ2n) is 28.0. The molecule has 92 heavy (non-hydrogen) atoms. The fourth-order valence-corrected chi connectivity index (χ4v) is 12.6. The van der Waals surface area contributed by atoms with Crippen molar-refractivity contribution in [3.05, 3.63) is 0 Å². The third-order valence-electron chi connectivity index (χ3n) is 17.2. The SMILES string of the molecule is CCC(C)CCCCCCCCC(=O)OC[C@H](COP(=O)(O)OC[C@H](O)COP(=O)(O)OC[C@@H](COC(=O)CCCCCCCCCCCCCCC(C)C)OC(=O)CCCCCCCCCCCCC(C)C)OC(=O)CCCCCCCCCCCCCC(C)C. The highest BCUT2D eigenvalue weighted by atomic mass is 31.2. The number of rotatable bonds is 70. The third-order valence-corrected chi connectivity index (χ3v) is 19.1. The summed E-state index contributed by atoms with van der Waals surface area (Å²) in [6, 6.07) is 0. The zero-order valence-corrected chi connectivity index (χ0v) is 62.0. The van der Waals surface area contributed by atoms with Gasteiger partial charge in [0.25, 0.3) is 0 Å². The molecular formula is C73H142O17P2. The predicted molar refractivity (Wildman–Crippen MR) is 372 cm³/mol. The minimum atomic E-state index is -4.96. The smallest absolute Gasteiger partial charge is 0.462 e. The number of carbonyl (C=O) groups excluding carboxylic acids is 4. The number of esters is 4. The lowest BCUT2D eigenvalue weighted by Gasteiger charge is -2.21. The molecule has 17 nitrogen and oxygen atoms in total. The molecule has 546 valence electrons. The number of aliphatic hydroxyl groups excluding tert-OH is 1. The molecule has 0 bridgehead atoms. The number of ether oxygens (including phenoxy) is 4. The fraction of sp³-hybridized carbons (Fsp3) is 0.945. The van der Waals surface area contributed by atoms with Crippen LogP contribution >= 0.6 is 15.6 Å². The zero-order chi connectivity index (χ0) is 68.2. The van der Waals surface area contributed by atoms with Crippen molar-refractivity contribution in [2.24, 2.45) is 23.7 Å². The van der Waals surface area contributed by atoms with Crippen molar-refractivity contribution in [1.29, 1.82) is 0 Å². The molecule has 0 spiro atoms. The maximum Gasteiger partial charge on any atom is 0.472 e. The second kappa shape index (κ2) is 62.6. The molecule has 3 unspecified atom stereocenters. The van der Waals surface area contributed by atoms with E-state index in [0.29, 0.717) is 25.7 Å². The van der Waals surface area contributed by atoms with Gasteiger partial charge in [0, 0.05) is 25.7 Å². The van der Waals surface area contributed by atoms with E-state index >= 15 is 0 Å². The Morgan fingerprint density at radius 1 is 0.304 bits per heavy atom. The Bertz CT molecular complexity index is 1820. The lowest BCUT2D eigenvalue weighted by molar-refractivity contribution is -0.161. The number of phosphoric acid groups is 2. The van der Waals surface area contributed by atoms with Crippen molar-refractivity contribution >= 4 is 39.5 Å². The minimum absolute atomic E-state index is 0.105. The maximum atomic E-state index is 13.0. The molecule has 3 N–H and O–H groups in total. The van der Waals surface area contributed by atoms with Crippen LogP contribution in [0.4, 0.5) is 0 Å². The van der Waals surface area contributed by atoms with Gasteiger partial charge in [-0.1, -0.05) is 312 Å². The first kappa shape index (κ1) is 90.1. The van der Waals surface area contributed by atoms with Gasteiger partial charge in [0.2, 0.25) is 0 Å². The van der Waals surface area contributed by atoms with E-state index in [1.807, 2.05) is 0 Å². The summed E-state index contributed by atoms with van der Waals surface area (Å²) < 4.78 is 68.4. The van der Waals surface area contributed by atoms with Gasteiger partial charge in [-0.2, -0.15) is 0 Å². The maximum absolute atomic E-state index is 13.0. The standard InChI is InChI=1S/C73H142O17P2/c1-9-66(8)52-44-36-31-32-38-46-54-71(76)84-60-69(90-72(77)55-47-39-29-23-16-12-14-20-26-34-42-50-64(4)5)62-88-92(81,82)86-58-67(74)57-85-91(79,80)87-61-68(89-73(78)56-48-40-30-24-18-17-21-27-35-43-51-65(6)7)59-83-70(75)53-45-37-28-22-15-11-10-13-19-25-33-41-49-63(2)3/h63-69,74H,9-62H2,1-8H3,(H,79,80)(H,81,82)/t66?,67-,68-,69-/m1/s1.